The lowest BCUT2D eigenvalue weighted by atomic mass is 9.86. The lowest BCUT2D eigenvalue weighted by molar-refractivity contribution is 0.145. The molecule has 3 heterocycles. The molecule has 1 spiro atoms. The van der Waals surface area contributed by atoms with Crippen LogP contribution in [-0.4, -0.2) is 49.3 Å². The van der Waals surface area contributed by atoms with Gasteiger partial charge in [-0.1, -0.05) is 6.92 Å². The molecule has 0 N–H and O–H groups in total. The molecule has 0 aromatic heterocycles. The van der Waals surface area contributed by atoms with Crippen LogP contribution in [0.15, 0.2) is 0 Å². The van der Waals surface area contributed by atoms with E-state index in [0.717, 1.165) is 13.2 Å². The minimum absolute atomic E-state index is 0.549. The predicted octanol–water partition coefficient (Wildman–Crippen LogP) is 1.85. The molecule has 0 saturated carbocycles. The Bertz CT molecular complexity index is 246. The highest BCUT2D eigenvalue weighted by atomic mass is 32.2. The third-order valence-electron chi connectivity index (χ3n) is 4.21. The summed E-state index contributed by atoms with van der Waals surface area (Å²) in [6.45, 7) is 8.40. The Hall–Kier alpha value is 0.270. The van der Waals surface area contributed by atoms with Crippen molar-refractivity contribution in [2.45, 2.75) is 19.8 Å². The fourth-order valence-electron chi connectivity index (χ4n) is 3.22. The molecule has 15 heavy (non-hydrogen) atoms. The van der Waals surface area contributed by atoms with E-state index in [1.807, 2.05) is 0 Å². The van der Waals surface area contributed by atoms with Crippen molar-refractivity contribution in [2.24, 2.45) is 10.8 Å². The Morgan fingerprint density at radius 1 is 1.33 bits per heavy atom. The Morgan fingerprint density at radius 3 is 2.80 bits per heavy atom. The molecule has 3 fully saturated rings. The van der Waals surface area contributed by atoms with Gasteiger partial charge in [0, 0.05) is 36.6 Å². The maximum absolute atomic E-state index is 5.57. The summed E-state index contributed by atoms with van der Waals surface area (Å²) in [4.78, 5) is 2.69. The number of rotatable bonds is 2. The molecule has 1 atom stereocenters. The molecule has 3 rings (SSSR count). The van der Waals surface area contributed by atoms with Gasteiger partial charge in [0.1, 0.15) is 0 Å². The van der Waals surface area contributed by atoms with Crippen LogP contribution in [0.1, 0.15) is 19.8 Å². The first kappa shape index (κ1) is 10.4. The zero-order valence-electron chi connectivity index (χ0n) is 9.63. The van der Waals surface area contributed by atoms with Crippen molar-refractivity contribution in [3.8, 4) is 0 Å². The maximum Gasteiger partial charge on any atom is 0.0536 e. The summed E-state index contributed by atoms with van der Waals surface area (Å²) in [6.07, 6.45) is 2.67. The number of ether oxygens (including phenoxy) is 1. The van der Waals surface area contributed by atoms with E-state index >= 15 is 0 Å². The second-order valence-corrected chi connectivity index (χ2v) is 7.05. The predicted molar refractivity (Wildman–Crippen MR) is 64.4 cm³/mol. The Morgan fingerprint density at radius 2 is 2.20 bits per heavy atom. The van der Waals surface area contributed by atoms with Gasteiger partial charge in [-0.25, -0.2) is 0 Å². The zero-order chi connectivity index (χ0) is 10.4. The summed E-state index contributed by atoms with van der Waals surface area (Å²) < 4.78 is 5.57. The molecule has 2 nitrogen and oxygen atoms in total. The highest BCUT2D eigenvalue weighted by molar-refractivity contribution is 8.00. The Balaban J connectivity index is 1.56. The molecule has 3 aliphatic heterocycles. The molecular formula is C12H21NOS. The van der Waals surface area contributed by atoms with E-state index in [2.05, 4.69) is 23.6 Å². The van der Waals surface area contributed by atoms with Gasteiger partial charge >= 0.3 is 0 Å². The molecule has 0 aromatic rings. The average molecular weight is 227 g/mol. The van der Waals surface area contributed by atoms with Crippen molar-refractivity contribution < 1.29 is 4.74 Å². The summed E-state index contributed by atoms with van der Waals surface area (Å²) >= 11 is 2.10. The number of hydrogen-bond acceptors (Lipinski definition) is 3. The topological polar surface area (TPSA) is 12.5 Å². The van der Waals surface area contributed by atoms with Gasteiger partial charge in [-0.3, -0.25) is 0 Å². The van der Waals surface area contributed by atoms with Crippen molar-refractivity contribution in [2.75, 3.05) is 44.4 Å². The molecule has 0 aromatic carbocycles. The summed E-state index contributed by atoms with van der Waals surface area (Å²) in [5.74, 6) is 2.74. The van der Waals surface area contributed by atoms with Crippen LogP contribution in [0.25, 0.3) is 0 Å². The fraction of sp³-hybridized carbons (Fsp3) is 1.00. The van der Waals surface area contributed by atoms with Crippen LogP contribution in [0.4, 0.5) is 0 Å². The van der Waals surface area contributed by atoms with Gasteiger partial charge in [0.25, 0.3) is 0 Å². The molecule has 3 aliphatic rings. The van der Waals surface area contributed by atoms with Crippen LogP contribution in [0.5, 0.6) is 0 Å². The molecule has 0 radical (unpaired) electrons. The lowest BCUT2D eigenvalue weighted by Gasteiger charge is -2.41. The van der Waals surface area contributed by atoms with Crippen molar-refractivity contribution in [3.63, 3.8) is 0 Å². The van der Waals surface area contributed by atoms with E-state index in [0.29, 0.717) is 10.8 Å². The van der Waals surface area contributed by atoms with Crippen molar-refractivity contribution in [1.82, 2.24) is 4.90 Å². The fourth-order valence-corrected chi connectivity index (χ4v) is 4.30. The van der Waals surface area contributed by atoms with Gasteiger partial charge in [0.15, 0.2) is 0 Å². The van der Waals surface area contributed by atoms with Crippen molar-refractivity contribution in [1.29, 1.82) is 0 Å². The van der Waals surface area contributed by atoms with E-state index in [-0.39, 0.29) is 0 Å². The van der Waals surface area contributed by atoms with Crippen LogP contribution in [0.2, 0.25) is 0 Å². The number of likely N-dealkylation sites (tertiary alicyclic amines) is 1. The van der Waals surface area contributed by atoms with Gasteiger partial charge < -0.3 is 9.64 Å². The van der Waals surface area contributed by atoms with Crippen LogP contribution < -0.4 is 0 Å². The molecule has 0 bridgehead atoms. The minimum Gasteiger partial charge on any atom is -0.381 e. The minimum atomic E-state index is 0.549. The Kier molecular flexibility index (Phi) is 2.53. The van der Waals surface area contributed by atoms with Crippen LogP contribution in [-0.2, 0) is 4.74 Å². The number of thioether (sulfide) groups is 1. The normalized spacial score (nSPS) is 39.8. The molecule has 1 unspecified atom stereocenters. The Labute approximate surface area is 96.7 Å². The molecule has 0 aliphatic carbocycles. The number of nitrogens with zero attached hydrogens (tertiary/aromatic N) is 1. The largest absolute Gasteiger partial charge is 0.381 e. The SMILES string of the molecule is CC1(CN2CCC3(CCOC3)C2)CSC1. The zero-order valence-corrected chi connectivity index (χ0v) is 10.4. The van der Waals surface area contributed by atoms with Gasteiger partial charge in [-0.05, 0) is 24.8 Å². The van der Waals surface area contributed by atoms with Gasteiger partial charge in [0.2, 0.25) is 0 Å². The summed E-state index contributed by atoms with van der Waals surface area (Å²) in [5.41, 5.74) is 1.17. The molecular weight excluding hydrogens is 206 g/mol. The summed E-state index contributed by atoms with van der Waals surface area (Å²) in [7, 11) is 0. The monoisotopic (exact) mass is 227 g/mol. The highest BCUT2D eigenvalue weighted by Crippen LogP contribution is 2.42. The van der Waals surface area contributed by atoms with Gasteiger partial charge in [0.05, 0.1) is 6.61 Å². The first-order chi connectivity index (χ1) is 7.20. The van der Waals surface area contributed by atoms with E-state index in [9.17, 15) is 0 Å². The van der Waals surface area contributed by atoms with Crippen LogP contribution in [0, 0.1) is 10.8 Å². The smallest absolute Gasteiger partial charge is 0.0536 e. The second-order valence-electron chi connectivity index (χ2n) is 6.07. The molecule has 86 valence electrons. The van der Waals surface area contributed by atoms with Gasteiger partial charge in [-0.15, -0.1) is 0 Å². The molecule has 0 amide bonds. The van der Waals surface area contributed by atoms with Crippen molar-refractivity contribution >= 4 is 11.8 Å². The summed E-state index contributed by atoms with van der Waals surface area (Å²) in [6, 6.07) is 0. The van der Waals surface area contributed by atoms with E-state index < -0.39 is 0 Å². The molecule has 3 saturated heterocycles. The quantitative estimate of drug-likeness (QED) is 0.714. The summed E-state index contributed by atoms with van der Waals surface area (Å²) in [5, 5.41) is 0. The van der Waals surface area contributed by atoms with Crippen LogP contribution in [0.3, 0.4) is 0 Å². The third-order valence-corrected chi connectivity index (χ3v) is 6.01. The van der Waals surface area contributed by atoms with E-state index in [1.165, 1.54) is 44.0 Å². The lowest BCUT2D eigenvalue weighted by Crippen LogP contribution is -2.44. The van der Waals surface area contributed by atoms with E-state index in [1.54, 1.807) is 0 Å². The first-order valence-electron chi connectivity index (χ1n) is 6.08. The maximum atomic E-state index is 5.57. The third kappa shape index (κ3) is 1.94. The average Bonchev–Trinajstić information content (AvgIpc) is 2.76. The second kappa shape index (κ2) is 3.64. The highest BCUT2D eigenvalue weighted by Gasteiger charge is 2.44. The molecule has 3 heteroatoms. The standard InChI is InChI=1S/C12H21NOS/c1-11(9-15-10-11)6-13-4-2-12(7-13)3-5-14-8-12/h2-10H2,1H3. The first-order valence-corrected chi connectivity index (χ1v) is 7.23. The van der Waals surface area contributed by atoms with Gasteiger partial charge in [-0.2, -0.15) is 11.8 Å². The van der Waals surface area contributed by atoms with Crippen LogP contribution >= 0.6 is 11.8 Å². The van der Waals surface area contributed by atoms with Crippen molar-refractivity contribution in [3.05, 3.63) is 0 Å². The number of hydrogen-bond donors (Lipinski definition) is 0. The van der Waals surface area contributed by atoms with E-state index in [4.69, 9.17) is 4.74 Å².